The van der Waals surface area contributed by atoms with E-state index in [0.29, 0.717) is 0 Å². The van der Waals surface area contributed by atoms with E-state index in [1.165, 1.54) is 12.5 Å². The van der Waals surface area contributed by atoms with Crippen molar-refractivity contribution in [3.63, 3.8) is 0 Å². The highest BCUT2D eigenvalue weighted by Crippen LogP contribution is 2.05. The molecule has 1 heterocycles. The smallest absolute Gasteiger partial charge is 0.358 e. The molecule has 15 heavy (non-hydrogen) atoms. The van der Waals surface area contributed by atoms with Crippen LogP contribution >= 0.6 is 0 Å². The van der Waals surface area contributed by atoms with Crippen molar-refractivity contribution in [1.29, 1.82) is 0 Å². The zero-order valence-corrected chi connectivity index (χ0v) is 8.85. The third-order valence-electron chi connectivity index (χ3n) is 2.00. The normalized spacial score (nSPS) is 10.5. The molecule has 0 bridgehead atoms. The van der Waals surface area contributed by atoms with Crippen molar-refractivity contribution in [3.05, 3.63) is 22.6 Å². The zero-order valence-electron chi connectivity index (χ0n) is 8.85. The van der Waals surface area contributed by atoms with Crippen LogP contribution in [0.2, 0.25) is 0 Å². The van der Waals surface area contributed by atoms with E-state index < -0.39 is 4.92 Å². The molecule has 6 nitrogen and oxygen atoms in total. The van der Waals surface area contributed by atoms with E-state index >= 15 is 0 Å². The molecule has 1 aromatic heterocycles. The van der Waals surface area contributed by atoms with Crippen LogP contribution in [-0.4, -0.2) is 27.6 Å². The lowest BCUT2D eigenvalue weighted by Crippen LogP contribution is -2.17. The van der Waals surface area contributed by atoms with Crippen LogP contribution in [0.25, 0.3) is 0 Å². The topological polar surface area (TPSA) is 73.0 Å². The van der Waals surface area contributed by atoms with Crippen molar-refractivity contribution in [3.8, 4) is 0 Å². The van der Waals surface area contributed by atoms with E-state index in [0.717, 1.165) is 32.5 Å². The summed E-state index contributed by atoms with van der Waals surface area (Å²) in [5, 5.41) is 13.6. The van der Waals surface area contributed by atoms with Gasteiger partial charge in [-0.3, -0.25) is 0 Å². The van der Waals surface area contributed by atoms with E-state index in [9.17, 15) is 10.1 Å². The summed E-state index contributed by atoms with van der Waals surface area (Å²) in [6.45, 7) is 4.83. The molecule has 0 spiro atoms. The molecule has 0 unspecified atom stereocenters. The Labute approximate surface area is 88.5 Å². The van der Waals surface area contributed by atoms with Gasteiger partial charge in [-0.25, -0.2) is 0 Å². The number of nitrogens with zero attached hydrogens (tertiary/aromatic N) is 3. The predicted octanol–water partition coefficient (Wildman–Crippen LogP) is 1.18. The molecule has 0 aliphatic heterocycles. The maximum absolute atomic E-state index is 10.3. The second kappa shape index (κ2) is 6.13. The Kier molecular flexibility index (Phi) is 4.76. The van der Waals surface area contributed by atoms with Crippen LogP contribution in [0.4, 0.5) is 5.82 Å². The van der Waals surface area contributed by atoms with E-state index in [-0.39, 0.29) is 5.82 Å². The molecule has 0 saturated carbocycles. The van der Waals surface area contributed by atoms with Gasteiger partial charge in [0, 0.05) is 6.54 Å². The first-order valence-electron chi connectivity index (χ1n) is 5.11. The Hall–Kier alpha value is -1.43. The molecule has 1 rings (SSSR count). The number of nitro groups is 1. The fraction of sp³-hybridized carbons (Fsp3) is 0.667. The lowest BCUT2D eigenvalue weighted by molar-refractivity contribution is -0.389. The Bertz CT molecular complexity index is 311. The standard InChI is InChI=1S/C9H16N4O2/c1-2-4-10-5-3-6-12-7-9(11-8-12)13(14)15/h7-8,10H,2-6H2,1H3. The zero-order chi connectivity index (χ0) is 11.1. The number of hydrogen-bond acceptors (Lipinski definition) is 4. The SMILES string of the molecule is CCCNCCCn1cnc([N+](=O)[O-])c1. The second-order valence-corrected chi connectivity index (χ2v) is 3.33. The van der Waals surface area contributed by atoms with Gasteiger partial charge in [0.25, 0.3) is 0 Å². The summed E-state index contributed by atoms with van der Waals surface area (Å²) in [4.78, 5) is 13.5. The quantitative estimate of drug-likeness (QED) is 0.418. The van der Waals surface area contributed by atoms with Crippen molar-refractivity contribution >= 4 is 5.82 Å². The number of aryl methyl sites for hydroxylation is 1. The Balaban J connectivity index is 2.23. The summed E-state index contributed by atoms with van der Waals surface area (Å²) in [7, 11) is 0. The van der Waals surface area contributed by atoms with Crippen molar-refractivity contribution in [2.45, 2.75) is 26.3 Å². The number of hydrogen-bond donors (Lipinski definition) is 1. The molecule has 0 fully saturated rings. The van der Waals surface area contributed by atoms with Crippen LogP contribution in [-0.2, 0) is 6.54 Å². The molecule has 0 aromatic carbocycles. The molecule has 0 amide bonds. The first-order valence-corrected chi connectivity index (χ1v) is 5.11. The summed E-state index contributed by atoms with van der Waals surface area (Å²) in [5.41, 5.74) is 0. The number of aromatic nitrogens is 2. The van der Waals surface area contributed by atoms with Crippen LogP contribution in [0.3, 0.4) is 0 Å². The molecule has 0 aliphatic rings. The van der Waals surface area contributed by atoms with Gasteiger partial charge in [-0.1, -0.05) is 6.92 Å². The molecular formula is C9H16N4O2. The lowest BCUT2D eigenvalue weighted by atomic mass is 10.4. The number of nitrogens with one attached hydrogen (secondary N) is 1. The highest BCUT2D eigenvalue weighted by atomic mass is 16.6. The van der Waals surface area contributed by atoms with Gasteiger partial charge in [0.05, 0.1) is 0 Å². The molecule has 0 aliphatic carbocycles. The van der Waals surface area contributed by atoms with Crippen molar-refractivity contribution in [2.75, 3.05) is 13.1 Å². The van der Waals surface area contributed by atoms with Gasteiger partial charge in [0.1, 0.15) is 6.20 Å². The van der Waals surface area contributed by atoms with E-state index in [2.05, 4.69) is 17.2 Å². The predicted molar refractivity (Wildman–Crippen MR) is 56.7 cm³/mol. The first-order chi connectivity index (χ1) is 7.24. The average molecular weight is 212 g/mol. The summed E-state index contributed by atoms with van der Waals surface area (Å²) in [6.07, 6.45) is 5.03. The minimum atomic E-state index is -0.480. The second-order valence-electron chi connectivity index (χ2n) is 3.33. The van der Waals surface area contributed by atoms with Crippen LogP contribution in [0.5, 0.6) is 0 Å². The maximum Gasteiger partial charge on any atom is 0.381 e. The van der Waals surface area contributed by atoms with Crippen LogP contribution < -0.4 is 5.32 Å². The first kappa shape index (κ1) is 11.6. The summed E-state index contributed by atoms with van der Waals surface area (Å²) < 4.78 is 1.74. The highest BCUT2D eigenvalue weighted by Gasteiger charge is 2.08. The largest absolute Gasteiger partial charge is 0.381 e. The molecule has 0 radical (unpaired) electrons. The molecule has 0 atom stereocenters. The fourth-order valence-electron chi connectivity index (χ4n) is 1.25. The van der Waals surface area contributed by atoms with Crippen molar-refractivity contribution in [2.24, 2.45) is 0 Å². The highest BCUT2D eigenvalue weighted by molar-refractivity contribution is 5.12. The minimum Gasteiger partial charge on any atom is -0.358 e. The van der Waals surface area contributed by atoms with Gasteiger partial charge in [0.15, 0.2) is 0 Å². The Morgan fingerprint density at radius 3 is 3.00 bits per heavy atom. The summed E-state index contributed by atoms with van der Waals surface area (Å²) >= 11 is 0. The average Bonchev–Trinajstić information content (AvgIpc) is 2.66. The molecule has 0 saturated heterocycles. The van der Waals surface area contributed by atoms with Crippen molar-refractivity contribution < 1.29 is 4.92 Å². The van der Waals surface area contributed by atoms with Gasteiger partial charge < -0.3 is 20.0 Å². The Morgan fingerprint density at radius 1 is 1.60 bits per heavy atom. The van der Waals surface area contributed by atoms with E-state index in [1.807, 2.05) is 0 Å². The van der Waals surface area contributed by atoms with E-state index in [4.69, 9.17) is 0 Å². The molecule has 1 N–H and O–H groups in total. The lowest BCUT2D eigenvalue weighted by Gasteiger charge is -2.02. The summed E-state index contributed by atoms with van der Waals surface area (Å²) in [5.74, 6) is -0.0866. The molecule has 84 valence electrons. The fourth-order valence-corrected chi connectivity index (χ4v) is 1.25. The van der Waals surface area contributed by atoms with Gasteiger partial charge in [-0.05, 0) is 35.8 Å². The van der Waals surface area contributed by atoms with Gasteiger partial charge in [0.2, 0.25) is 6.33 Å². The van der Waals surface area contributed by atoms with Gasteiger partial charge in [-0.2, -0.15) is 0 Å². The Morgan fingerprint density at radius 2 is 2.40 bits per heavy atom. The number of imidazole rings is 1. The van der Waals surface area contributed by atoms with Gasteiger partial charge >= 0.3 is 5.82 Å². The third-order valence-corrected chi connectivity index (χ3v) is 2.00. The van der Waals surface area contributed by atoms with E-state index in [1.54, 1.807) is 4.57 Å². The van der Waals surface area contributed by atoms with Crippen LogP contribution in [0, 0.1) is 10.1 Å². The van der Waals surface area contributed by atoms with Crippen molar-refractivity contribution in [1.82, 2.24) is 14.9 Å². The third kappa shape index (κ3) is 4.07. The number of rotatable bonds is 7. The minimum absolute atomic E-state index is 0.0866. The monoisotopic (exact) mass is 212 g/mol. The summed E-state index contributed by atoms with van der Waals surface area (Å²) in [6, 6.07) is 0. The molecule has 6 heteroatoms. The molecule has 1 aromatic rings. The van der Waals surface area contributed by atoms with Crippen LogP contribution in [0.15, 0.2) is 12.5 Å². The molecular weight excluding hydrogens is 196 g/mol. The maximum atomic E-state index is 10.3. The van der Waals surface area contributed by atoms with Gasteiger partial charge in [-0.15, -0.1) is 0 Å². The van der Waals surface area contributed by atoms with Crippen LogP contribution in [0.1, 0.15) is 19.8 Å².